The van der Waals surface area contributed by atoms with Crippen LogP contribution in [0.3, 0.4) is 0 Å². The van der Waals surface area contributed by atoms with Gasteiger partial charge >= 0.3 is 5.97 Å². The number of benzene rings is 1. The van der Waals surface area contributed by atoms with Crippen LogP contribution < -0.4 is 4.72 Å². The van der Waals surface area contributed by atoms with Crippen LogP contribution >= 0.6 is 12.4 Å². The zero-order valence-electron chi connectivity index (χ0n) is 11.3. The van der Waals surface area contributed by atoms with Crippen molar-refractivity contribution < 1.29 is 18.3 Å². The Morgan fingerprint density at radius 2 is 1.90 bits per heavy atom. The molecule has 0 bridgehead atoms. The lowest BCUT2D eigenvalue weighted by molar-refractivity contribution is -0.142. The van der Waals surface area contributed by atoms with Gasteiger partial charge in [0.05, 0.1) is 4.90 Å². The van der Waals surface area contributed by atoms with Gasteiger partial charge in [0.1, 0.15) is 6.04 Å². The van der Waals surface area contributed by atoms with Gasteiger partial charge < -0.3 is 5.11 Å². The maximum Gasteiger partial charge on any atom is 0.320 e. The van der Waals surface area contributed by atoms with Gasteiger partial charge in [0.2, 0.25) is 10.0 Å². The molecule has 0 radical (unpaired) electrons. The molecule has 1 unspecified atom stereocenters. The Balaban J connectivity index is 0.00000361. The van der Waals surface area contributed by atoms with Crippen molar-refractivity contribution in [2.24, 2.45) is 0 Å². The Morgan fingerprint density at radius 1 is 1.35 bits per heavy atom. The molecule has 0 saturated heterocycles. The summed E-state index contributed by atoms with van der Waals surface area (Å²) in [5.41, 5.74) is 0. The topological polar surface area (TPSA) is 86.7 Å². The number of hydrogen-bond acceptors (Lipinski definition) is 4. The highest BCUT2D eigenvalue weighted by Gasteiger charge is 2.17. The Hall–Kier alpha value is -1.15. The Morgan fingerprint density at radius 3 is 2.40 bits per heavy atom. The van der Waals surface area contributed by atoms with Gasteiger partial charge in [-0.05, 0) is 26.1 Å². The third kappa shape index (κ3) is 5.46. The molecule has 1 aromatic rings. The largest absolute Gasteiger partial charge is 0.480 e. The standard InChI is InChI=1S/C12H18N2O4S.ClH/c1-10(12(15)16)14(2)9-8-13-19(17,18)11-6-4-3-5-7-11;/h3-7,10,13H,8-9H2,1-2H3,(H,15,16);1H. The molecular formula is C12H19ClN2O4S. The molecule has 0 aromatic heterocycles. The number of carboxylic acids is 1. The molecular weight excluding hydrogens is 304 g/mol. The summed E-state index contributed by atoms with van der Waals surface area (Å²) in [6, 6.07) is 7.39. The monoisotopic (exact) mass is 322 g/mol. The Bertz CT molecular complexity index is 522. The fourth-order valence-corrected chi connectivity index (χ4v) is 2.46. The summed E-state index contributed by atoms with van der Waals surface area (Å²) in [6.07, 6.45) is 0. The van der Waals surface area contributed by atoms with E-state index in [9.17, 15) is 13.2 Å². The molecule has 20 heavy (non-hydrogen) atoms. The lowest BCUT2D eigenvalue weighted by Crippen LogP contribution is -2.40. The molecule has 2 N–H and O–H groups in total. The summed E-state index contributed by atoms with van der Waals surface area (Å²) in [7, 11) is -1.89. The van der Waals surface area contributed by atoms with Crippen LogP contribution in [0.25, 0.3) is 0 Å². The van der Waals surface area contributed by atoms with Crippen molar-refractivity contribution >= 4 is 28.4 Å². The van der Waals surface area contributed by atoms with E-state index in [0.717, 1.165) is 0 Å². The molecule has 0 saturated carbocycles. The highest BCUT2D eigenvalue weighted by molar-refractivity contribution is 7.89. The first kappa shape index (κ1) is 18.9. The quantitative estimate of drug-likeness (QED) is 0.775. The minimum atomic E-state index is -3.53. The second-order valence-electron chi connectivity index (χ2n) is 4.21. The molecule has 0 aliphatic carbocycles. The van der Waals surface area contributed by atoms with E-state index in [-0.39, 0.29) is 23.8 Å². The van der Waals surface area contributed by atoms with Gasteiger partial charge in [0.25, 0.3) is 0 Å². The average molecular weight is 323 g/mol. The van der Waals surface area contributed by atoms with Crippen molar-refractivity contribution in [2.45, 2.75) is 17.9 Å². The molecule has 1 atom stereocenters. The molecule has 0 fully saturated rings. The predicted octanol–water partition coefficient (Wildman–Crippen LogP) is 0.792. The van der Waals surface area contributed by atoms with E-state index in [0.29, 0.717) is 6.54 Å². The smallest absolute Gasteiger partial charge is 0.320 e. The van der Waals surface area contributed by atoms with E-state index >= 15 is 0 Å². The first-order chi connectivity index (χ1) is 8.84. The summed E-state index contributed by atoms with van der Waals surface area (Å²) in [4.78, 5) is 12.5. The van der Waals surface area contributed by atoms with E-state index in [1.54, 1.807) is 37.1 Å². The molecule has 0 spiro atoms. The van der Waals surface area contributed by atoms with Gasteiger partial charge in [-0.15, -0.1) is 12.4 Å². The van der Waals surface area contributed by atoms with Crippen molar-refractivity contribution in [1.82, 2.24) is 9.62 Å². The van der Waals surface area contributed by atoms with Crippen LogP contribution in [-0.2, 0) is 14.8 Å². The number of nitrogens with zero attached hydrogens (tertiary/aromatic N) is 1. The SMILES string of the molecule is CC(C(=O)O)N(C)CCNS(=O)(=O)c1ccccc1.Cl. The number of likely N-dealkylation sites (N-methyl/N-ethyl adjacent to an activating group) is 1. The van der Waals surface area contributed by atoms with E-state index in [1.807, 2.05) is 0 Å². The fraction of sp³-hybridized carbons (Fsp3) is 0.417. The van der Waals surface area contributed by atoms with Crippen molar-refractivity contribution in [2.75, 3.05) is 20.1 Å². The maximum absolute atomic E-state index is 11.9. The summed E-state index contributed by atoms with van der Waals surface area (Å²) >= 11 is 0. The van der Waals surface area contributed by atoms with Gasteiger partial charge in [-0.2, -0.15) is 0 Å². The number of aliphatic carboxylic acids is 1. The van der Waals surface area contributed by atoms with E-state index < -0.39 is 22.0 Å². The molecule has 0 aliphatic rings. The maximum atomic E-state index is 11.9. The number of rotatable bonds is 7. The predicted molar refractivity (Wildman–Crippen MR) is 78.6 cm³/mol. The van der Waals surface area contributed by atoms with Crippen LogP contribution in [0.2, 0.25) is 0 Å². The van der Waals surface area contributed by atoms with Crippen LogP contribution in [0.4, 0.5) is 0 Å². The first-order valence-electron chi connectivity index (χ1n) is 5.82. The molecule has 0 amide bonds. The highest BCUT2D eigenvalue weighted by atomic mass is 35.5. The lowest BCUT2D eigenvalue weighted by Gasteiger charge is -2.20. The van der Waals surface area contributed by atoms with Crippen LogP contribution in [0.1, 0.15) is 6.92 Å². The molecule has 0 aliphatic heterocycles. The molecule has 114 valence electrons. The van der Waals surface area contributed by atoms with Crippen molar-refractivity contribution in [3.8, 4) is 0 Å². The van der Waals surface area contributed by atoms with Crippen LogP contribution in [-0.4, -0.2) is 50.6 Å². The van der Waals surface area contributed by atoms with Crippen LogP contribution in [0.15, 0.2) is 35.2 Å². The number of carboxylic acid groups (broad SMARTS) is 1. The molecule has 6 nitrogen and oxygen atoms in total. The van der Waals surface area contributed by atoms with Gasteiger partial charge in [-0.1, -0.05) is 18.2 Å². The zero-order valence-corrected chi connectivity index (χ0v) is 12.9. The minimum absolute atomic E-state index is 0. The summed E-state index contributed by atoms with van der Waals surface area (Å²) in [5.74, 6) is -0.937. The first-order valence-corrected chi connectivity index (χ1v) is 7.30. The van der Waals surface area contributed by atoms with Crippen LogP contribution in [0.5, 0.6) is 0 Å². The van der Waals surface area contributed by atoms with E-state index in [2.05, 4.69) is 4.72 Å². The van der Waals surface area contributed by atoms with E-state index in [1.165, 1.54) is 12.1 Å². The zero-order chi connectivity index (χ0) is 14.5. The number of carbonyl (C=O) groups is 1. The summed E-state index contributed by atoms with van der Waals surface area (Å²) in [5, 5.41) is 8.81. The molecule has 1 rings (SSSR count). The highest BCUT2D eigenvalue weighted by Crippen LogP contribution is 2.06. The van der Waals surface area contributed by atoms with Gasteiger partial charge in [-0.3, -0.25) is 9.69 Å². The van der Waals surface area contributed by atoms with Crippen LogP contribution in [0, 0.1) is 0 Å². The second-order valence-corrected chi connectivity index (χ2v) is 5.97. The van der Waals surface area contributed by atoms with Crippen molar-refractivity contribution in [3.05, 3.63) is 30.3 Å². The Labute approximate surface area is 125 Å². The van der Waals surface area contributed by atoms with E-state index in [4.69, 9.17) is 5.11 Å². The van der Waals surface area contributed by atoms with Gasteiger partial charge in [0.15, 0.2) is 0 Å². The molecule has 0 heterocycles. The fourth-order valence-electron chi connectivity index (χ4n) is 1.42. The van der Waals surface area contributed by atoms with Gasteiger partial charge in [-0.25, -0.2) is 13.1 Å². The third-order valence-electron chi connectivity index (χ3n) is 2.83. The third-order valence-corrected chi connectivity index (χ3v) is 4.31. The normalized spacial score (nSPS) is 12.8. The molecule has 1 aromatic carbocycles. The lowest BCUT2D eigenvalue weighted by atomic mass is 10.3. The summed E-state index contributed by atoms with van der Waals surface area (Å²) < 4.78 is 26.2. The molecule has 8 heteroatoms. The number of halogens is 1. The Kier molecular flexibility index (Phi) is 7.74. The average Bonchev–Trinajstić information content (AvgIpc) is 2.38. The van der Waals surface area contributed by atoms with Crippen molar-refractivity contribution in [3.63, 3.8) is 0 Å². The van der Waals surface area contributed by atoms with Gasteiger partial charge in [0, 0.05) is 13.1 Å². The number of hydrogen-bond donors (Lipinski definition) is 2. The second kappa shape index (κ2) is 8.21. The minimum Gasteiger partial charge on any atom is -0.480 e. The number of nitrogens with one attached hydrogen (secondary N) is 1. The number of sulfonamides is 1. The summed E-state index contributed by atoms with van der Waals surface area (Å²) in [6.45, 7) is 2.03. The van der Waals surface area contributed by atoms with Crippen molar-refractivity contribution in [1.29, 1.82) is 0 Å².